The summed E-state index contributed by atoms with van der Waals surface area (Å²) in [6.07, 6.45) is 0.927. The van der Waals surface area contributed by atoms with Crippen molar-refractivity contribution in [1.29, 1.82) is 0 Å². The largest absolute Gasteiger partial charge is 0.480 e. The van der Waals surface area contributed by atoms with Crippen LogP contribution in [0.3, 0.4) is 0 Å². The fraction of sp³-hybridized carbons (Fsp3) is 0.467. The second kappa shape index (κ2) is 5.61. The minimum Gasteiger partial charge on any atom is -0.480 e. The second-order valence-corrected chi connectivity index (χ2v) is 6.35. The van der Waals surface area contributed by atoms with Crippen LogP contribution in [0.1, 0.15) is 34.8 Å². The van der Waals surface area contributed by atoms with E-state index in [1.165, 1.54) is 4.88 Å². The molecule has 0 aliphatic carbocycles. The Bertz CT molecular complexity index is 662. The number of carboxylic acids is 1. The summed E-state index contributed by atoms with van der Waals surface area (Å²) in [5, 5.41) is 16.1. The van der Waals surface area contributed by atoms with Crippen molar-refractivity contribution in [3.8, 4) is 0 Å². The van der Waals surface area contributed by atoms with E-state index in [4.69, 9.17) is 0 Å². The van der Waals surface area contributed by atoms with E-state index >= 15 is 0 Å². The molecule has 0 saturated heterocycles. The maximum Gasteiger partial charge on any atom is 0.325 e. The Morgan fingerprint density at radius 3 is 3.10 bits per heavy atom. The molecule has 0 amide bonds. The molecule has 2 aromatic heterocycles. The molecule has 3 rings (SSSR count). The van der Waals surface area contributed by atoms with Gasteiger partial charge in [0, 0.05) is 24.5 Å². The van der Waals surface area contributed by atoms with Crippen molar-refractivity contribution in [2.75, 3.05) is 6.54 Å². The number of rotatable bonds is 4. The number of carboxylic acid groups (broad SMARTS) is 1. The number of hydrogen-bond acceptors (Lipinski definition) is 4. The summed E-state index contributed by atoms with van der Waals surface area (Å²) in [6, 6.07) is 3.46. The van der Waals surface area contributed by atoms with Crippen molar-refractivity contribution < 1.29 is 9.90 Å². The van der Waals surface area contributed by atoms with Crippen molar-refractivity contribution in [2.24, 2.45) is 0 Å². The van der Waals surface area contributed by atoms with E-state index in [9.17, 15) is 9.90 Å². The van der Waals surface area contributed by atoms with Crippen LogP contribution in [0.4, 0.5) is 0 Å². The molecule has 1 N–H and O–H groups in total. The monoisotopic (exact) mass is 305 g/mol. The van der Waals surface area contributed by atoms with Gasteiger partial charge in [0.25, 0.3) is 0 Å². The van der Waals surface area contributed by atoms with E-state index in [1.807, 2.05) is 34.0 Å². The van der Waals surface area contributed by atoms with Gasteiger partial charge in [0.1, 0.15) is 6.04 Å². The third-order valence-electron chi connectivity index (χ3n) is 3.95. The van der Waals surface area contributed by atoms with Gasteiger partial charge in [-0.2, -0.15) is 5.10 Å². The maximum absolute atomic E-state index is 11.7. The van der Waals surface area contributed by atoms with Gasteiger partial charge in [-0.15, -0.1) is 11.3 Å². The van der Waals surface area contributed by atoms with E-state index in [1.54, 1.807) is 11.3 Å². The van der Waals surface area contributed by atoms with Crippen molar-refractivity contribution in [1.82, 2.24) is 14.7 Å². The summed E-state index contributed by atoms with van der Waals surface area (Å²) in [6.45, 7) is 6.23. The summed E-state index contributed by atoms with van der Waals surface area (Å²) >= 11 is 1.66. The maximum atomic E-state index is 11.7. The third kappa shape index (κ3) is 2.61. The Morgan fingerprint density at radius 1 is 1.57 bits per heavy atom. The molecule has 3 heterocycles. The third-order valence-corrected chi connectivity index (χ3v) is 4.95. The Labute approximate surface area is 127 Å². The Hall–Kier alpha value is -1.66. The van der Waals surface area contributed by atoms with Crippen LogP contribution in [0.2, 0.25) is 0 Å². The van der Waals surface area contributed by atoms with Crippen LogP contribution in [0.15, 0.2) is 17.5 Å². The van der Waals surface area contributed by atoms with Gasteiger partial charge in [-0.1, -0.05) is 0 Å². The van der Waals surface area contributed by atoms with Crippen LogP contribution < -0.4 is 0 Å². The van der Waals surface area contributed by atoms with E-state index < -0.39 is 12.0 Å². The van der Waals surface area contributed by atoms with Crippen molar-refractivity contribution in [3.05, 3.63) is 39.3 Å². The fourth-order valence-electron chi connectivity index (χ4n) is 3.04. The number of thiophene rings is 1. The van der Waals surface area contributed by atoms with E-state index in [0.717, 1.165) is 36.5 Å². The first-order valence-corrected chi connectivity index (χ1v) is 8.04. The zero-order chi connectivity index (χ0) is 15.0. The average molecular weight is 305 g/mol. The predicted molar refractivity (Wildman–Crippen MR) is 81.4 cm³/mol. The van der Waals surface area contributed by atoms with E-state index in [-0.39, 0.29) is 0 Å². The molecule has 21 heavy (non-hydrogen) atoms. The van der Waals surface area contributed by atoms with Crippen LogP contribution in [0.5, 0.6) is 0 Å². The molecule has 6 heteroatoms. The minimum absolute atomic E-state index is 0.541. The molecule has 2 aromatic rings. The standard InChI is InChI=1S/C15H19N3O2S/c1-3-18-11(8-10(2)16-18)9-17-6-4-13-12(5-7-21-13)14(17)15(19)20/h5,7-8,14H,3-4,6,9H2,1-2H3,(H,19,20). The highest BCUT2D eigenvalue weighted by Gasteiger charge is 2.34. The number of nitrogens with zero attached hydrogens (tertiary/aromatic N) is 3. The zero-order valence-electron chi connectivity index (χ0n) is 12.2. The van der Waals surface area contributed by atoms with Crippen molar-refractivity contribution in [2.45, 2.75) is 39.4 Å². The summed E-state index contributed by atoms with van der Waals surface area (Å²) in [7, 11) is 0. The van der Waals surface area contributed by atoms with Gasteiger partial charge >= 0.3 is 5.97 Å². The summed E-state index contributed by atoms with van der Waals surface area (Å²) in [4.78, 5) is 15.0. The summed E-state index contributed by atoms with van der Waals surface area (Å²) in [5.41, 5.74) is 3.02. The minimum atomic E-state index is -0.770. The molecule has 0 aromatic carbocycles. The molecule has 0 saturated carbocycles. The molecule has 0 bridgehead atoms. The first kappa shape index (κ1) is 14.3. The summed E-state index contributed by atoms with van der Waals surface area (Å²) in [5.74, 6) is -0.770. The van der Waals surface area contributed by atoms with Gasteiger partial charge in [0.2, 0.25) is 0 Å². The Kier molecular flexibility index (Phi) is 3.82. The second-order valence-electron chi connectivity index (χ2n) is 5.35. The van der Waals surface area contributed by atoms with Gasteiger partial charge in [-0.25, -0.2) is 0 Å². The number of aryl methyl sites for hydroxylation is 2. The molecule has 0 radical (unpaired) electrons. The van der Waals surface area contributed by atoms with E-state index in [0.29, 0.717) is 6.54 Å². The molecular formula is C15H19N3O2S. The number of hydrogen-bond donors (Lipinski definition) is 1. The zero-order valence-corrected chi connectivity index (χ0v) is 13.1. The van der Waals surface area contributed by atoms with Crippen molar-refractivity contribution >= 4 is 17.3 Å². The lowest BCUT2D eigenvalue weighted by atomic mass is 10.00. The highest BCUT2D eigenvalue weighted by Crippen LogP contribution is 2.34. The van der Waals surface area contributed by atoms with Gasteiger partial charge in [-0.05, 0) is 43.3 Å². The highest BCUT2D eigenvalue weighted by molar-refractivity contribution is 7.10. The summed E-state index contributed by atoms with van der Waals surface area (Å²) < 4.78 is 1.96. The fourth-order valence-corrected chi connectivity index (χ4v) is 3.94. The topological polar surface area (TPSA) is 58.4 Å². The predicted octanol–water partition coefficient (Wildman–Crippen LogP) is 2.46. The molecule has 0 spiro atoms. The normalized spacial score (nSPS) is 18.7. The molecule has 1 aliphatic rings. The lowest BCUT2D eigenvalue weighted by Gasteiger charge is -2.33. The van der Waals surface area contributed by atoms with Gasteiger partial charge in [0.15, 0.2) is 0 Å². The number of aromatic nitrogens is 2. The molecule has 1 atom stereocenters. The quantitative estimate of drug-likeness (QED) is 0.942. The highest BCUT2D eigenvalue weighted by atomic mass is 32.1. The smallest absolute Gasteiger partial charge is 0.325 e. The Balaban J connectivity index is 1.89. The lowest BCUT2D eigenvalue weighted by Crippen LogP contribution is -2.39. The van der Waals surface area contributed by atoms with E-state index in [2.05, 4.69) is 12.0 Å². The number of fused-ring (bicyclic) bond motifs is 1. The SMILES string of the molecule is CCn1nc(C)cc1CN1CCc2sccc2C1C(=O)O. The molecule has 1 aliphatic heterocycles. The van der Waals surface area contributed by atoms with Gasteiger partial charge in [0.05, 0.1) is 11.4 Å². The average Bonchev–Trinajstić information content (AvgIpc) is 3.04. The molecule has 0 fully saturated rings. The van der Waals surface area contributed by atoms with Crippen LogP contribution in [-0.2, 0) is 24.3 Å². The first-order valence-electron chi connectivity index (χ1n) is 7.16. The number of aliphatic carboxylic acids is 1. The van der Waals surface area contributed by atoms with Crippen molar-refractivity contribution in [3.63, 3.8) is 0 Å². The van der Waals surface area contributed by atoms with Gasteiger partial charge < -0.3 is 5.11 Å². The molecule has 112 valence electrons. The first-order chi connectivity index (χ1) is 10.1. The van der Waals surface area contributed by atoms with Crippen LogP contribution in [-0.4, -0.2) is 32.3 Å². The Morgan fingerprint density at radius 2 is 2.38 bits per heavy atom. The number of carbonyl (C=O) groups is 1. The molecular weight excluding hydrogens is 286 g/mol. The lowest BCUT2D eigenvalue weighted by molar-refractivity contribution is -0.144. The van der Waals surface area contributed by atoms with Crippen LogP contribution >= 0.6 is 11.3 Å². The molecule has 5 nitrogen and oxygen atoms in total. The van der Waals surface area contributed by atoms with Crippen LogP contribution in [0, 0.1) is 6.92 Å². The van der Waals surface area contributed by atoms with Crippen LogP contribution in [0.25, 0.3) is 0 Å². The van der Waals surface area contributed by atoms with Gasteiger partial charge in [-0.3, -0.25) is 14.4 Å². The molecule has 1 unspecified atom stereocenters.